The molecular formula is C28H38F3NO5S. The van der Waals surface area contributed by atoms with E-state index in [1.807, 2.05) is 6.92 Å². The number of ketones is 1. The summed E-state index contributed by atoms with van der Waals surface area (Å²) in [4.78, 5) is 30.5. The zero-order valence-electron chi connectivity index (χ0n) is 22.7. The number of hydrogen-bond donors (Lipinski definition) is 2. The summed E-state index contributed by atoms with van der Waals surface area (Å²) in [5, 5.41) is 24.4. The summed E-state index contributed by atoms with van der Waals surface area (Å²) in [5.74, 6) is -2.91. The number of cyclic esters (lactones) is 1. The number of esters is 1. The number of halogens is 3. The summed E-state index contributed by atoms with van der Waals surface area (Å²) in [6.45, 7) is 9.86. The Balaban J connectivity index is 1.98. The van der Waals surface area contributed by atoms with Crippen molar-refractivity contribution in [2.24, 2.45) is 29.1 Å². The van der Waals surface area contributed by atoms with E-state index in [9.17, 15) is 33.0 Å². The Hall–Kier alpha value is -2.04. The number of nitrogens with zero attached hydrogens (tertiary/aromatic N) is 1. The van der Waals surface area contributed by atoms with Crippen LogP contribution in [0.4, 0.5) is 13.2 Å². The van der Waals surface area contributed by atoms with Crippen LogP contribution in [0.5, 0.6) is 0 Å². The van der Waals surface area contributed by atoms with Crippen molar-refractivity contribution in [1.29, 1.82) is 0 Å². The Morgan fingerprint density at radius 2 is 1.87 bits per heavy atom. The Labute approximate surface area is 226 Å². The van der Waals surface area contributed by atoms with Gasteiger partial charge in [-0.05, 0) is 56.1 Å². The SMILES string of the molecule is C/C(=C\c1csc(C)n1)[C@@H]1C/C=C(/C(F)(F)F)C[C@H]2C[C@H]2[C@H](C)[C@H](O)[C@@H](C)C(=O)C(C)(C)[C@@H](O)CC(=O)O1. The second-order valence-corrected chi connectivity index (χ2v) is 12.5. The highest BCUT2D eigenvalue weighted by Gasteiger charge is 2.49. The van der Waals surface area contributed by atoms with E-state index in [4.69, 9.17) is 4.74 Å². The molecule has 1 fully saturated rings. The smallest absolute Gasteiger partial charge is 0.412 e. The van der Waals surface area contributed by atoms with Crippen molar-refractivity contribution in [3.8, 4) is 0 Å². The number of aromatic nitrogens is 1. The largest absolute Gasteiger partial charge is 0.457 e. The molecule has 2 aliphatic rings. The highest BCUT2D eigenvalue weighted by Crippen LogP contribution is 2.51. The van der Waals surface area contributed by atoms with Crippen molar-refractivity contribution in [1.82, 2.24) is 4.98 Å². The summed E-state index contributed by atoms with van der Waals surface area (Å²) in [6, 6.07) is 0. The van der Waals surface area contributed by atoms with Gasteiger partial charge in [0, 0.05) is 23.3 Å². The van der Waals surface area contributed by atoms with Gasteiger partial charge in [-0.15, -0.1) is 11.3 Å². The minimum atomic E-state index is -4.55. The van der Waals surface area contributed by atoms with Crippen LogP contribution in [-0.4, -0.2) is 51.4 Å². The molecule has 1 saturated carbocycles. The molecule has 0 unspecified atom stereocenters. The van der Waals surface area contributed by atoms with Crippen molar-refractivity contribution in [2.75, 3.05) is 0 Å². The lowest BCUT2D eigenvalue weighted by atomic mass is 9.72. The Bertz CT molecular complexity index is 1090. The second kappa shape index (κ2) is 11.6. The van der Waals surface area contributed by atoms with E-state index in [0.717, 1.165) is 11.1 Å². The summed E-state index contributed by atoms with van der Waals surface area (Å²) in [6.07, 6.45) is -5.66. The molecule has 3 rings (SSSR count). The number of rotatable bonds is 2. The first kappa shape index (κ1) is 30.5. The van der Waals surface area contributed by atoms with Crippen molar-refractivity contribution in [2.45, 2.75) is 91.7 Å². The minimum Gasteiger partial charge on any atom is -0.457 e. The molecule has 38 heavy (non-hydrogen) atoms. The lowest BCUT2D eigenvalue weighted by Crippen LogP contribution is -2.46. The molecule has 0 spiro atoms. The Morgan fingerprint density at radius 3 is 2.45 bits per heavy atom. The first-order valence-electron chi connectivity index (χ1n) is 13.0. The van der Waals surface area contributed by atoms with Crippen molar-refractivity contribution >= 4 is 29.2 Å². The monoisotopic (exact) mass is 557 g/mol. The fourth-order valence-electron chi connectivity index (χ4n) is 5.33. The Morgan fingerprint density at radius 1 is 1.21 bits per heavy atom. The Kier molecular flexibility index (Phi) is 9.31. The fourth-order valence-corrected chi connectivity index (χ4v) is 5.90. The first-order chi connectivity index (χ1) is 17.5. The number of hydrogen-bond acceptors (Lipinski definition) is 7. The number of thiazole rings is 1. The summed E-state index contributed by atoms with van der Waals surface area (Å²) < 4.78 is 47.5. The average molecular weight is 558 g/mol. The third-order valence-electron chi connectivity index (χ3n) is 8.16. The van der Waals surface area contributed by atoms with Crippen molar-refractivity contribution in [3.05, 3.63) is 33.3 Å². The molecule has 1 aromatic rings. The van der Waals surface area contributed by atoms with E-state index in [-0.39, 0.29) is 24.7 Å². The van der Waals surface area contributed by atoms with E-state index in [0.29, 0.717) is 17.7 Å². The molecule has 10 heteroatoms. The molecule has 0 amide bonds. The number of allylic oxidation sites excluding steroid dienone is 1. The molecular weight excluding hydrogens is 519 g/mol. The zero-order valence-corrected chi connectivity index (χ0v) is 23.5. The highest BCUT2D eigenvalue weighted by molar-refractivity contribution is 7.09. The predicted molar refractivity (Wildman–Crippen MR) is 139 cm³/mol. The van der Waals surface area contributed by atoms with E-state index in [1.54, 1.807) is 32.2 Å². The van der Waals surface area contributed by atoms with Crippen LogP contribution in [0.15, 0.2) is 22.6 Å². The molecule has 2 N–H and O–H groups in total. The van der Waals surface area contributed by atoms with Crippen LogP contribution >= 0.6 is 11.3 Å². The lowest BCUT2D eigenvalue weighted by Gasteiger charge is -2.34. The van der Waals surface area contributed by atoms with Gasteiger partial charge in [0.2, 0.25) is 0 Å². The molecule has 7 atom stereocenters. The van der Waals surface area contributed by atoms with Gasteiger partial charge >= 0.3 is 12.1 Å². The molecule has 0 aromatic carbocycles. The third kappa shape index (κ3) is 7.12. The minimum absolute atomic E-state index is 0.143. The van der Waals surface area contributed by atoms with Gasteiger partial charge in [0.15, 0.2) is 0 Å². The van der Waals surface area contributed by atoms with Gasteiger partial charge in [0.05, 0.1) is 34.7 Å². The van der Waals surface area contributed by atoms with E-state index >= 15 is 0 Å². The summed E-state index contributed by atoms with van der Waals surface area (Å²) in [5.41, 5.74) is -0.909. The number of carbonyl (C=O) groups excluding carboxylic acids is 2. The van der Waals surface area contributed by atoms with Crippen LogP contribution in [0.25, 0.3) is 6.08 Å². The molecule has 1 aliphatic carbocycles. The van der Waals surface area contributed by atoms with E-state index in [1.165, 1.54) is 25.2 Å². The molecule has 6 nitrogen and oxygen atoms in total. The maximum atomic E-state index is 14.0. The molecule has 0 radical (unpaired) electrons. The number of alkyl halides is 3. The van der Waals surface area contributed by atoms with Gasteiger partial charge in [-0.1, -0.05) is 33.8 Å². The highest BCUT2D eigenvalue weighted by atomic mass is 32.1. The van der Waals surface area contributed by atoms with Crippen LogP contribution in [0.1, 0.15) is 71.0 Å². The van der Waals surface area contributed by atoms with Crippen LogP contribution in [0, 0.1) is 36.0 Å². The molecule has 2 heterocycles. The number of carbonyl (C=O) groups is 2. The summed E-state index contributed by atoms with van der Waals surface area (Å²) in [7, 11) is 0. The third-order valence-corrected chi connectivity index (χ3v) is 8.96. The molecule has 0 bridgehead atoms. The quantitative estimate of drug-likeness (QED) is 0.360. The number of Topliss-reactive ketones (excluding diaryl/α,β-unsaturated/α-hetero) is 1. The van der Waals surface area contributed by atoms with Gasteiger partial charge in [0.25, 0.3) is 0 Å². The number of aryl methyl sites for hydroxylation is 1. The van der Waals surface area contributed by atoms with Crippen LogP contribution in [-0.2, 0) is 14.3 Å². The average Bonchev–Trinajstić information content (AvgIpc) is 3.48. The molecule has 1 aromatic heterocycles. The van der Waals surface area contributed by atoms with Gasteiger partial charge in [0.1, 0.15) is 11.9 Å². The zero-order chi connectivity index (χ0) is 28.6. The number of aliphatic hydroxyl groups is 2. The molecule has 212 valence electrons. The van der Waals surface area contributed by atoms with Gasteiger partial charge in [-0.3, -0.25) is 9.59 Å². The molecule has 0 saturated heterocycles. The number of fused-ring (bicyclic) bond motifs is 1. The predicted octanol–water partition coefficient (Wildman–Crippen LogP) is 5.66. The number of ether oxygens (including phenoxy) is 1. The van der Waals surface area contributed by atoms with Gasteiger partial charge in [-0.2, -0.15) is 13.2 Å². The van der Waals surface area contributed by atoms with Gasteiger partial charge < -0.3 is 14.9 Å². The van der Waals surface area contributed by atoms with Crippen LogP contribution in [0.2, 0.25) is 0 Å². The van der Waals surface area contributed by atoms with Gasteiger partial charge in [-0.25, -0.2) is 4.98 Å². The van der Waals surface area contributed by atoms with Crippen molar-refractivity contribution < 1.29 is 37.7 Å². The van der Waals surface area contributed by atoms with Crippen LogP contribution < -0.4 is 0 Å². The topological polar surface area (TPSA) is 96.7 Å². The maximum absolute atomic E-state index is 14.0. The van der Waals surface area contributed by atoms with E-state index in [2.05, 4.69) is 4.98 Å². The lowest BCUT2D eigenvalue weighted by molar-refractivity contribution is -0.154. The van der Waals surface area contributed by atoms with Crippen molar-refractivity contribution in [3.63, 3.8) is 0 Å². The maximum Gasteiger partial charge on any atom is 0.412 e. The molecule has 1 aliphatic heterocycles. The normalized spacial score (nSPS) is 35.2. The number of aliphatic hydroxyl groups excluding tert-OH is 2. The van der Waals surface area contributed by atoms with E-state index < -0.39 is 65.5 Å². The fraction of sp³-hybridized carbons (Fsp3) is 0.679. The second-order valence-electron chi connectivity index (χ2n) is 11.4. The first-order valence-corrected chi connectivity index (χ1v) is 13.9. The van der Waals surface area contributed by atoms with Crippen LogP contribution in [0.3, 0.4) is 0 Å². The standard InChI is InChI=1S/C28H38F3NO5S/c1-14(9-20-13-38-17(4)32-20)22-8-7-19(28(29,30)31)10-18-11-21(18)15(2)25(35)16(3)26(36)27(5,6)23(33)12-24(34)37-22/h7,9,13,15-16,18,21-23,25,33,35H,8,10-12H2,1-6H3/b14-9+,19-7+/t15-,16+,18-,21-,22-,23-,25-/m0/s1. The summed E-state index contributed by atoms with van der Waals surface area (Å²) >= 11 is 1.42.